The third-order valence-electron chi connectivity index (χ3n) is 5.11. The minimum Gasteiger partial charge on any atom is -0.494 e. The Balaban J connectivity index is 1.90. The van der Waals surface area contributed by atoms with E-state index in [1.807, 2.05) is 43.5 Å². The van der Waals surface area contributed by atoms with E-state index in [9.17, 15) is 13.2 Å². The van der Waals surface area contributed by atoms with Gasteiger partial charge in [-0.2, -0.15) is 4.99 Å². The fourth-order valence-corrected chi connectivity index (χ4v) is 5.63. The Hall–Kier alpha value is -2.49. The van der Waals surface area contributed by atoms with Crippen LogP contribution in [0.25, 0.3) is 10.2 Å². The molecule has 0 aliphatic heterocycles. The van der Waals surface area contributed by atoms with Crippen molar-refractivity contribution in [1.29, 1.82) is 0 Å². The smallest absolute Gasteiger partial charge is 0.279 e. The molecule has 0 aliphatic rings. The highest BCUT2D eigenvalue weighted by Crippen LogP contribution is 2.23. The number of ether oxygens (including phenoxy) is 1. The summed E-state index contributed by atoms with van der Waals surface area (Å²) in [6.45, 7) is 7.66. The number of hydrogen-bond acceptors (Lipinski definition) is 5. The molecule has 2 aromatic carbocycles. The van der Waals surface area contributed by atoms with Gasteiger partial charge in [-0.1, -0.05) is 24.7 Å². The quantitative estimate of drug-likeness (QED) is 0.463. The van der Waals surface area contributed by atoms with Crippen LogP contribution < -0.4 is 9.54 Å². The van der Waals surface area contributed by atoms with Crippen molar-refractivity contribution >= 4 is 37.5 Å². The molecule has 0 saturated carbocycles. The summed E-state index contributed by atoms with van der Waals surface area (Å²) in [5.74, 6) is 0.371. The standard InChI is InChI=1S/C23H29N3O4S2/c1-5-8-15-25(4)32(28,29)19-12-9-17(10-13-19)22(27)24-23-26(6-2)20-14-11-18(30-7-3)16-21(20)31-23/h9-14,16H,5-8,15H2,1-4H3. The average molecular weight is 476 g/mol. The fourth-order valence-electron chi connectivity index (χ4n) is 3.30. The molecular weight excluding hydrogens is 446 g/mol. The highest BCUT2D eigenvalue weighted by atomic mass is 32.2. The molecule has 3 aromatic rings. The zero-order valence-corrected chi connectivity index (χ0v) is 20.5. The molecule has 0 fully saturated rings. The summed E-state index contributed by atoms with van der Waals surface area (Å²) < 4.78 is 35.2. The molecule has 0 spiro atoms. The van der Waals surface area contributed by atoms with E-state index < -0.39 is 15.9 Å². The highest BCUT2D eigenvalue weighted by molar-refractivity contribution is 7.89. The molecule has 0 aliphatic carbocycles. The third-order valence-corrected chi connectivity index (χ3v) is 8.03. The van der Waals surface area contributed by atoms with Gasteiger partial charge in [0.2, 0.25) is 10.0 Å². The summed E-state index contributed by atoms with van der Waals surface area (Å²) in [5, 5.41) is 0. The number of rotatable bonds is 9. The van der Waals surface area contributed by atoms with Gasteiger partial charge in [-0.25, -0.2) is 12.7 Å². The summed E-state index contributed by atoms with van der Waals surface area (Å²) in [7, 11) is -2.00. The van der Waals surface area contributed by atoms with Crippen LogP contribution in [0.5, 0.6) is 5.75 Å². The van der Waals surface area contributed by atoms with Crippen LogP contribution >= 0.6 is 11.3 Å². The maximum Gasteiger partial charge on any atom is 0.279 e. The Morgan fingerprint density at radius 1 is 1.12 bits per heavy atom. The summed E-state index contributed by atoms with van der Waals surface area (Å²) in [4.78, 5) is 17.9. The molecule has 9 heteroatoms. The lowest BCUT2D eigenvalue weighted by atomic mass is 10.2. The number of hydrogen-bond donors (Lipinski definition) is 0. The monoisotopic (exact) mass is 475 g/mol. The average Bonchev–Trinajstić information content (AvgIpc) is 3.13. The van der Waals surface area contributed by atoms with E-state index in [2.05, 4.69) is 4.99 Å². The van der Waals surface area contributed by atoms with Crippen molar-refractivity contribution in [3.8, 4) is 5.75 Å². The molecule has 0 N–H and O–H groups in total. The van der Waals surface area contributed by atoms with Crippen molar-refractivity contribution in [2.24, 2.45) is 4.99 Å². The van der Waals surface area contributed by atoms with Gasteiger partial charge in [0.25, 0.3) is 5.91 Å². The van der Waals surface area contributed by atoms with E-state index in [0.29, 0.717) is 30.1 Å². The number of carbonyl (C=O) groups is 1. The minimum atomic E-state index is -3.57. The van der Waals surface area contributed by atoms with Crippen molar-refractivity contribution in [2.45, 2.75) is 45.1 Å². The number of thiazole rings is 1. The molecule has 0 radical (unpaired) electrons. The van der Waals surface area contributed by atoms with E-state index in [1.165, 1.54) is 39.9 Å². The number of carbonyl (C=O) groups excluding carboxylic acids is 1. The van der Waals surface area contributed by atoms with E-state index >= 15 is 0 Å². The van der Waals surface area contributed by atoms with Crippen LogP contribution in [0.3, 0.4) is 0 Å². The van der Waals surface area contributed by atoms with Crippen LogP contribution in [-0.4, -0.2) is 43.4 Å². The number of aryl methyl sites for hydroxylation is 1. The van der Waals surface area contributed by atoms with Gasteiger partial charge < -0.3 is 9.30 Å². The lowest BCUT2D eigenvalue weighted by Crippen LogP contribution is -2.27. The second-order valence-corrected chi connectivity index (χ2v) is 10.4. The summed E-state index contributed by atoms with van der Waals surface area (Å²) in [6.07, 6.45) is 1.71. The first kappa shape index (κ1) is 24.2. The van der Waals surface area contributed by atoms with Crippen LogP contribution in [0.4, 0.5) is 0 Å². The maximum absolute atomic E-state index is 12.8. The molecular formula is C23H29N3O4S2. The lowest BCUT2D eigenvalue weighted by molar-refractivity contribution is 0.0997. The molecule has 0 bridgehead atoms. The van der Waals surface area contributed by atoms with E-state index in [1.54, 1.807) is 7.05 Å². The molecule has 0 atom stereocenters. The Labute approximate surface area is 193 Å². The third kappa shape index (κ3) is 5.11. The normalized spacial score (nSPS) is 12.6. The predicted molar refractivity (Wildman–Crippen MR) is 128 cm³/mol. The topological polar surface area (TPSA) is 81.0 Å². The van der Waals surface area contributed by atoms with Gasteiger partial charge in [-0.3, -0.25) is 4.79 Å². The molecule has 0 unspecified atom stereocenters. The Bertz CT molecular complexity index is 1260. The molecule has 7 nitrogen and oxygen atoms in total. The number of benzene rings is 2. The van der Waals surface area contributed by atoms with Gasteiger partial charge in [-0.15, -0.1) is 0 Å². The van der Waals surface area contributed by atoms with E-state index in [4.69, 9.17) is 4.74 Å². The van der Waals surface area contributed by atoms with Crippen molar-refractivity contribution in [2.75, 3.05) is 20.2 Å². The number of amides is 1. The Kier molecular flexibility index (Phi) is 7.86. The van der Waals surface area contributed by atoms with Gasteiger partial charge >= 0.3 is 0 Å². The SMILES string of the molecule is CCCCN(C)S(=O)(=O)c1ccc(C(=O)N=c2sc3cc(OCC)ccc3n2CC)cc1. The summed E-state index contributed by atoms with van der Waals surface area (Å²) >= 11 is 1.42. The van der Waals surface area contributed by atoms with Gasteiger partial charge in [0.15, 0.2) is 4.80 Å². The Morgan fingerprint density at radius 3 is 2.47 bits per heavy atom. The zero-order valence-electron chi connectivity index (χ0n) is 18.9. The molecule has 1 heterocycles. The number of sulfonamides is 1. The molecule has 1 aromatic heterocycles. The number of nitrogens with zero attached hydrogens (tertiary/aromatic N) is 3. The number of aromatic nitrogens is 1. The van der Waals surface area contributed by atoms with Crippen molar-refractivity contribution < 1.29 is 17.9 Å². The number of fused-ring (bicyclic) bond motifs is 1. The molecule has 3 rings (SSSR count). The maximum atomic E-state index is 12.8. The zero-order chi connectivity index (χ0) is 23.3. The first-order chi connectivity index (χ1) is 15.3. The van der Waals surface area contributed by atoms with Crippen molar-refractivity contribution in [3.05, 3.63) is 52.8 Å². The predicted octanol–water partition coefficient (Wildman–Crippen LogP) is 4.28. The van der Waals surface area contributed by atoms with E-state index in [-0.39, 0.29) is 4.90 Å². The molecule has 172 valence electrons. The van der Waals surface area contributed by atoms with Crippen LogP contribution in [0, 0.1) is 0 Å². The van der Waals surface area contributed by atoms with E-state index in [0.717, 1.165) is 28.8 Å². The minimum absolute atomic E-state index is 0.168. The largest absolute Gasteiger partial charge is 0.494 e. The molecule has 32 heavy (non-hydrogen) atoms. The van der Waals surface area contributed by atoms with Gasteiger partial charge in [0, 0.05) is 25.7 Å². The van der Waals surface area contributed by atoms with Gasteiger partial charge in [0.1, 0.15) is 5.75 Å². The van der Waals surface area contributed by atoms with Gasteiger partial charge in [0.05, 0.1) is 21.7 Å². The Morgan fingerprint density at radius 2 is 1.84 bits per heavy atom. The lowest BCUT2D eigenvalue weighted by Gasteiger charge is -2.16. The molecule has 0 saturated heterocycles. The van der Waals surface area contributed by atoms with Crippen molar-refractivity contribution in [3.63, 3.8) is 0 Å². The molecule has 1 amide bonds. The summed E-state index contributed by atoms with van der Waals surface area (Å²) in [5.41, 5.74) is 1.33. The first-order valence-electron chi connectivity index (χ1n) is 10.7. The summed E-state index contributed by atoms with van der Waals surface area (Å²) in [6, 6.07) is 11.8. The second kappa shape index (κ2) is 10.4. The van der Waals surface area contributed by atoms with Crippen LogP contribution in [0.15, 0.2) is 52.4 Å². The first-order valence-corrected chi connectivity index (χ1v) is 13.0. The fraction of sp³-hybridized carbons (Fsp3) is 0.391. The van der Waals surface area contributed by atoms with Crippen molar-refractivity contribution in [1.82, 2.24) is 8.87 Å². The van der Waals surface area contributed by atoms with Crippen LogP contribution in [0.2, 0.25) is 0 Å². The van der Waals surface area contributed by atoms with Crippen LogP contribution in [0.1, 0.15) is 44.0 Å². The van der Waals surface area contributed by atoms with Crippen LogP contribution in [-0.2, 0) is 16.6 Å². The second-order valence-electron chi connectivity index (χ2n) is 7.31. The highest BCUT2D eigenvalue weighted by Gasteiger charge is 2.20. The number of unbranched alkanes of at least 4 members (excludes halogenated alkanes) is 1. The van der Waals surface area contributed by atoms with Gasteiger partial charge in [-0.05, 0) is 62.7 Å².